The Bertz CT molecular complexity index is 913. The number of rotatable bonds is 0. The molecule has 34 heavy (non-hydrogen) atoms. The van der Waals surface area contributed by atoms with E-state index >= 15 is 0 Å². The van der Waals surface area contributed by atoms with Crippen molar-refractivity contribution in [2.45, 2.75) is 124 Å². The summed E-state index contributed by atoms with van der Waals surface area (Å²) in [5.74, 6) is 2.25. The zero-order chi connectivity index (χ0) is 24.7. The van der Waals surface area contributed by atoms with Gasteiger partial charge in [-0.3, -0.25) is 4.79 Å². The van der Waals surface area contributed by atoms with E-state index in [1.165, 1.54) is 25.7 Å². The molecule has 4 nitrogen and oxygen atoms in total. The summed E-state index contributed by atoms with van der Waals surface area (Å²) in [5, 5.41) is 21.9. The van der Waals surface area contributed by atoms with Gasteiger partial charge in [-0.05, 0) is 110 Å². The molecule has 5 aliphatic carbocycles. The van der Waals surface area contributed by atoms with Crippen LogP contribution in [0.5, 0.6) is 0 Å². The standard InChI is InChI=1S/C30H48O4/c1-17-23-18-8-9-20-26(4)12-11-21(31)25(2,3)19(26)10-13-28(20,6)27(18,5)14-15-30(23)16-22(32)29(17,7)34-24(30)33/h17-23,31-32H,8-16H2,1-7H3/t17-,18+,19-,20+,21-,22+,23+,26-,27+,28+,29+,30+/m0/s1. The van der Waals surface area contributed by atoms with Gasteiger partial charge in [0.1, 0.15) is 5.60 Å². The largest absolute Gasteiger partial charge is 0.456 e. The van der Waals surface area contributed by atoms with Crippen molar-refractivity contribution < 1.29 is 19.7 Å². The van der Waals surface area contributed by atoms with Crippen molar-refractivity contribution in [2.24, 2.45) is 56.7 Å². The molecule has 0 radical (unpaired) electrons. The van der Waals surface area contributed by atoms with Crippen LogP contribution in [0.15, 0.2) is 0 Å². The van der Waals surface area contributed by atoms with Crippen LogP contribution in [-0.2, 0) is 9.53 Å². The molecule has 0 aromatic heterocycles. The predicted molar refractivity (Wildman–Crippen MR) is 132 cm³/mol. The Morgan fingerprint density at radius 1 is 0.794 bits per heavy atom. The first-order valence-corrected chi connectivity index (χ1v) is 14.3. The van der Waals surface area contributed by atoms with Crippen molar-refractivity contribution in [1.29, 1.82) is 0 Å². The molecule has 0 aromatic carbocycles. The van der Waals surface area contributed by atoms with Crippen LogP contribution in [0.4, 0.5) is 0 Å². The van der Waals surface area contributed by atoms with E-state index in [1.807, 2.05) is 6.92 Å². The van der Waals surface area contributed by atoms with Gasteiger partial charge in [-0.25, -0.2) is 0 Å². The lowest BCUT2D eigenvalue weighted by molar-refractivity contribution is -0.308. The van der Waals surface area contributed by atoms with Gasteiger partial charge in [0.25, 0.3) is 0 Å². The molecule has 12 atom stereocenters. The Labute approximate surface area is 206 Å². The minimum absolute atomic E-state index is 0.0172. The van der Waals surface area contributed by atoms with Crippen LogP contribution < -0.4 is 0 Å². The number of hydrogen-bond acceptors (Lipinski definition) is 4. The Morgan fingerprint density at radius 2 is 1.50 bits per heavy atom. The van der Waals surface area contributed by atoms with Gasteiger partial charge in [0.15, 0.2) is 0 Å². The minimum Gasteiger partial charge on any atom is -0.456 e. The third kappa shape index (κ3) is 2.38. The smallest absolute Gasteiger partial charge is 0.313 e. The number of aliphatic hydroxyl groups excluding tert-OH is 2. The Morgan fingerprint density at radius 3 is 2.21 bits per heavy atom. The molecular weight excluding hydrogens is 424 g/mol. The molecule has 0 amide bonds. The predicted octanol–water partition coefficient (Wildman–Crippen LogP) is 5.74. The van der Waals surface area contributed by atoms with E-state index < -0.39 is 17.1 Å². The van der Waals surface area contributed by atoms with Gasteiger partial charge in [-0.2, -0.15) is 0 Å². The number of aliphatic hydroxyl groups is 2. The zero-order valence-corrected chi connectivity index (χ0v) is 22.6. The summed E-state index contributed by atoms with van der Waals surface area (Å²) in [6, 6.07) is 0. The molecule has 192 valence electrons. The fourth-order valence-electron chi connectivity index (χ4n) is 12.1. The second kappa shape index (κ2) is 6.63. The maximum Gasteiger partial charge on any atom is 0.313 e. The SMILES string of the molecule is C[C@H]1[C@@H]2[C@H]3CC[C@@H]4[C@@]5(C)CC[C@H](O)C(C)(C)[C@@H]5CC[C@@]4(C)[C@]3(C)CC[C@@]23C[C@@H](O)[C@]1(C)OC3=O. The first-order chi connectivity index (χ1) is 15.7. The highest BCUT2D eigenvalue weighted by atomic mass is 16.6. The molecule has 2 aliphatic heterocycles. The Balaban J connectivity index is 1.41. The highest BCUT2D eigenvalue weighted by Gasteiger charge is 2.76. The maximum atomic E-state index is 13.4. The zero-order valence-electron chi connectivity index (χ0n) is 22.6. The summed E-state index contributed by atoms with van der Waals surface area (Å²) >= 11 is 0. The second-order valence-corrected chi connectivity index (χ2v) is 15.3. The number of fused-ring (bicyclic) bond motifs is 7. The molecular formula is C30H48O4. The summed E-state index contributed by atoms with van der Waals surface area (Å²) in [7, 11) is 0. The summed E-state index contributed by atoms with van der Waals surface area (Å²) < 4.78 is 6.01. The summed E-state index contributed by atoms with van der Waals surface area (Å²) in [6.07, 6.45) is 8.75. The molecule has 7 fully saturated rings. The van der Waals surface area contributed by atoms with Crippen LogP contribution in [0.2, 0.25) is 0 Å². The average Bonchev–Trinajstić information content (AvgIpc) is 2.75. The summed E-state index contributed by atoms with van der Waals surface area (Å²) in [6.45, 7) is 16.7. The van der Waals surface area contributed by atoms with Gasteiger partial charge in [-0.1, -0.05) is 41.5 Å². The van der Waals surface area contributed by atoms with Gasteiger partial charge in [0, 0.05) is 5.92 Å². The van der Waals surface area contributed by atoms with Crippen LogP contribution in [0, 0.1) is 56.7 Å². The number of esters is 1. The summed E-state index contributed by atoms with van der Waals surface area (Å²) in [4.78, 5) is 13.4. The molecule has 5 saturated carbocycles. The topological polar surface area (TPSA) is 66.8 Å². The normalized spacial score (nSPS) is 62.0. The number of hydrogen-bond donors (Lipinski definition) is 2. The Kier molecular flexibility index (Phi) is 4.63. The number of carbonyl (C=O) groups is 1. The molecule has 2 saturated heterocycles. The van der Waals surface area contributed by atoms with Crippen molar-refractivity contribution in [1.82, 2.24) is 0 Å². The van der Waals surface area contributed by atoms with E-state index in [0.29, 0.717) is 30.1 Å². The third-order valence-corrected chi connectivity index (χ3v) is 14.5. The van der Waals surface area contributed by atoms with Crippen LogP contribution in [0.3, 0.4) is 0 Å². The van der Waals surface area contributed by atoms with Crippen molar-refractivity contribution in [3.8, 4) is 0 Å². The highest BCUT2D eigenvalue weighted by molar-refractivity contribution is 5.80. The van der Waals surface area contributed by atoms with E-state index in [9.17, 15) is 15.0 Å². The van der Waals surface area contributed by atoms with E-state index in [2.05, 4.69) is 41.5 Å². The highest BCUT2D eigenvalue weighted by Crippen LogP contribution is 2.78. The summed E-state index contributed by atoms with van der Waals surface area (Å²) in [5.41, 5.74) is -0.519. The quantitative estimate of drug-likeness (QED) is 0.442. The van der Waals surface area contributed by atoms with Crippen molar-refractivity contribution >= 4 is 5.97 Å². The molecule has 2 N–H and O–H groups in total. The fraction of sp³-hybridized carbons (Fsp3) is 0.967. The molecule has 7 aliphatic rings. The van der Waals surface area contributed by atoms with Gasteiger partial charge in [-0.15, -0.1) is 0 Å². The van der Waals surface area contributed by atoms with Crippen LogP contribution in [-0.4, -0.2) is 34.0 Å². The van der Waals surface area contributed by atoms with Crippen LogP contribution in [0.25, 0.3) is 0 Å². The molecule has 1 spiro atoms. The lowest BCUT2D eigenvalue weighted by atomic mass is 9.30. The third-order valence-electron chi connectivity index (χ3n) is 14.5. The monoisotopic (exact) mass is 472 g/mol. The van der Waals surface area contributed by atoms with Gasteiger partial charge < -0.3 is 14.9 Å². The van der Waals surface area contributed by atoms with Crippen LogP contribution >= 0.6 is 0 Å². The second-order valence-electron chi connectivity index (χ2n) is 15.3. The molecule has 2 heterocycles. The lowest BCUT2D eigenvalue weighted by Crippen LogP contribution is -2.75. The minimum atomic E-state index is -0.743. The Hall–Kier alpha value is -0.610. The molecule has 7 rings (SSSR count). The van der Waals surface area contributed by atoms with Gasteiger partial charge in [0.2, 0.25) is 0 Å². The average molecular weight is 473 g/mol. The van der Waals surface area contributed by atoms with Gasteiger partial charge in [0.05, 0.1) is 17.6 Å². The number of carbonyl (C=O) groups excluding carboxylic acids is 1. The van der Waals surface area contributed by atoms with Crippen molar-refractivity contribution in [3.63, 3.8) is 0 Å². The van der Waals surface area contributed by atoms with Crippen molar-refractivity contribution in [2.75, 3.05) is 0 Å². The van der Waals surface area contributed by atoms with Crippen molar-refractivity contribution in [3.05, 3.63) is 0 Å². The first kappa shape index (κ1) is 23.8. The molecule has 0 aromatic rings. The molecule has 0 unspecified atom stereocenters. The molecule has 2 bridgehead atoms. The maximum absolute atomic E-state index is 13.4. The van der Waals surface area contributed by atoms with Gasteiger partial charge >= 0.3 is 5.97 Å². The fourth-order valence-corrected chi connectivity index (χ4v) is 12.1. The van der Waals surface area contributed by atoms with E-state index in [4.69, 9.17) is 4.74 Å². The first-order valence-electron chi connectivity index (χ1n) is 14.3. The van der Waals surface area contributed by atoms with E-state index in [0.717, 1.165) is 25.7 Å². The van der Waals surface area contributed by atoms with E-state index in [1.54, 1.807) is 0 Å². The number of ether oxygens (including phenoxy) is 1. The van der Waals surface area contributed by atoms with E-state index in [-0.39, 0.29) is 39.7 Å². The van der Waals surface area contributed by atoms with Crippen LogP contribution in [0.1, 0.15) is 106 Å². The molecule has 4 heteroatoms. The lowest BCUT2D eigenvalue weighted by Gasteiger charge is -2.75.